The fourth-order valence-corrected chi connectivity index (χ4v) is 3.75. The number of nitrogens with zero attached hydrogens (tertiary/aromatic N) is 2. The van der Waals surface area contributed by atoms with Crippen LogP contribution in [0.5, 0.6) is 0 Å². The smallest absolute Gasteiger partial charge is 0.251 e. The van der Waals surface area contributed by atoms with Crippen LogP contribution in [-0.4, -0.2) is 42.5 Å². The zero-order chi connectivity index (χ0) is 19.8. The van der Waals surface area contributed by atoms with E-state index in [-0.39, 0.29) is 11.9 Å². The van der Waals surface area contributed by atoms with Crippen molar-refractivity contribution < 1.29 is 4.79 Å². The van der Waals surface area contributed by atoms with Crippen molar-refractivity contribution in [3.8, 4) is 0 Å². The lowest BCUT2D eigenvalue weighted by atomic mass is 10.0. The number of hydrogen-bond donors (Lipinski definition) is 1. The van der Waals surface area contributed by atoms with Crippen LogP contribution >= 0.6 is 11.8 Å². The maximum atomic E-state index is 12.7. The van der Waals surface area contributed by atoms with E-state index in [0.717, 1.165) is 22.9 Å². The summed E-state index contributed by atoms with van der Waals surface area (Å²) in [7, 11) is 4.04. The average molecular weight is 392 g/mol. The fraction of sp³-hybridized carbons (Fsp3) is 0.217. The SMILES string of the molecule is CN(C)CC(Cc1ccccc1)NC(=O)c1ccc(Sc2ccccn2)cc1. The first-order valence-electron chi connectivity index (χ1n) is 9.28. The molecule has 0 radical (unpaired) electrons. The first-order valence-corrected chi connectivity index (χ1v) is 10.1. The minimum Gasteiger partial charge on any atom is -0.348 e. The standard InChI is InChI=1S/C23H25N3OS/c1-26(2)17-20(16-18-8-4-3-5-9-18)25-23(27)19-11-13-21(14-12-19)28-22-10-6-7-15-24-22/h3-15,20H,16-17H2,1-2H3,(H,25,27). The average Bonchev–Trinajstić information content (AvgIpc) is 2.69. The third kappa shape index (κ3) is 6.22. The molecule has 2 aromatic carbocycles. The number of hydrogen-bond acceptors (Lipinski definition) is 4. The predicted octanol–water partition coefficient (Wildman–Crippen LogP) is 4.14. The Balaban J connectivity index is 1.64. The molecule has 28 heavy (non-hydrogen) atoms. The molecule has 0 bridgehead atoms. The molecule has 1 unspecified atom stereocenters. The van der Waals surface area contributed by atoms with Crippen LogP contribution in [0.2, 0.25) is 0 Å². The van der Waals surface area contributed by atoms with E-state index < -0.39 is 0 Å². The molecule has 3 aromatic rings. The van der Waals surface area contributed by atoms with Gasteiger partial charge in [-0.05, 0) is 62.5 Å². The number of carbonyl (C=O) groups excluding carboxylic acids is 1. The number of rotatable bonds is 8. The van der Waals surface area contributed by atoms with Gasteiger partial charge in [-0.15, -0.1) is 0 Å². The molecule has 0 aliphatic heterocycles. The van der Waals surface area contributed by atoms with Crippen LogP contribution in [0.1, 0.15) is 15.9 Å². The van der Waals surface area contributed by atoms with Gasteiger partial charge in [0.25, 0.3) is 5.91 Å². The van der Waals surface area contributed by atoms with Crippen molar-refractivity contribution in [3.63, 3.8) is 0 Å². The number of carbonyl (C=O) groups is 1. The summed E-state index contributed by atoms with van der Waals surface area (Å²) in [5, 5.41) is 4.12. The summed E-state index contributed by atoms with van der Waals surface area (Å²) in [6, 6.07) is 23.8. The van der Waals surface area contributed by atoms with E-state index in [0.29, 0.717) is 5.56 Å². The summed E-state index contributed by atoms with van der Waals surface area (Å²) in [6.07, 6.45) is 2.58. The quantitative estimate of drug-likeness (QED) is 0.627. The van der Waals surface area contributed by atoms with E-state index in [2.05, 4.69) is 27.3 Å². The molecule has 144 valence electrons. The van der Waals surface area contributed by atoms with Gasteiger partial charge >= 0.3 is 0 Å². The third-order valence-corrected chi connectivity index (χ3v) is 5.18. The van der Waals surface area contributed by atoms with E-state index in [1.165, 1.54) is 5.56 Å². The Labute approximate surface area is 171 Å². The highest BCUT2D eigenvalue weighted by atomic mass is 32.2. The van der Waals surface area contributed by atoms with E-state index in [1.807, 2.05) is 74.8 Å². The monoisotopic (exact) mass is 391 g/mol. The highest BCUT2D eigenvalue weighted by Crippen LogP contribution is 2.25. The lowest BCUT2D eigenvalue weighted by Gasteiger charge is -2.22. The molecule has 0 spiro atoms. The van der Waals surface area contributed by atoms with E-state index in [4.69, 9.17) is 0 Å². The van der Waals surface area contributed by atoms with Gasteiger partial charge in [-0.2, -0.15) is 0 Å². The fourth-order valence-electron chi connectivity index (χ4n) is 2.97. The maximum Gasteiger partial charge on any atom is 0.251 e. The summed E-state index contributed by atoms with van der Waals surface area (Å²) in [5.74, 6) is -0.0443. The number of likely N-dealkylation sites (N-methyl/N-ethyl adjacent to an activating group) is 1. The van der Waals surface area contributed by atoms with Crippen molar-refractivity contribution in [2.75, 3.05) is 20.6 Å². The molecule has 0 aliphatic rings. The molecule has 0 saturated carbocycles. The van der Waals surface area contributed by atoms with Crippen LogP contribution in [0.25, 0.3) is 0 Å². The van der Waals surface area contributed by atoms with Crippen LogP contribution < -0.4 is 5.32 Å². The zero-order valence-electron chi connectivity index (χ0n) is 16.2. The van der Waals surface area contributed by atoms with E-state index in [1.54, 1.807) is 18.0 Å². The van der Waals surface area contributed by atoms with Crippen LogP contribution in [-0.2, 0) is 6.42 Å². The highest BCUT2D eigenvalue weighted by Gasteiger charge is 2.15. The molecule has 1 amide bonds. The van der Waals surface area contributed by atoms with Gasteiger partial charge in [-0.25, -0.2) is 4.98 Å². The molecule has 4 nitrogen and oxygen atoms in total. The second-order valence-corrected chi connectivity index (χ2v) is 8.01. The van der Waals surface area contributed by atoms with Gasteiger partial charge < -0.3 is 10.2 Å². The molecule has 0 saturated heterocycles. The Hall–Kier alpha value is -2.63. The van der Waals surface area contributed by atoms with Crippen molar-refractivity contribution in [2.24, 2.45) is 0 Å². The summed E-state index contributed by atoms with van der Waals surface area (Å²) in [6.45, 7) is 0.786. The lowest BCUT2D eigenvalue weighted by molar-refractivity contribution is 0.0930. The molecule has 0 fully saturated rings. The summed E-state index contributed by atoms with van der Waals surface area (Å²) < 4.78 is 0. The Morgan fingerprint density at radius 3 is 2.36 bits per heavy atom. The van der Waals surface area contributed by atoms with Crippen molar-refractivity contribution in [1.82, 2.24) is 15.2 Å². The lowest BCUT2D eigenvalue weighted by Crippen LogP contribution is -2.43. The first-order chi connectivity index (χ1) is 13.6. The maximum absolute atomic E-state index is 12.7. The van der Waals surface area contributed by atoms with Gasteiger partial charge in [0, 0.05) is 29.2 Å². The van der Waals surface area contributed by atoms with Crippen molar-refractivity contribution in [2.45, 2.75) is 22.4 Å². The molecular formula is C23H25N3OS. The van der Waals surface area contributed by atoms with Crippen molar-refractivity contribution >= 4 is 17.7 Å². The normalized spacial score (nSPS) is 12.0. The minimum atomic E-state index is -0.0443. The second-order valence-electron chi connectivity index (χ2n) is 6.92. The number of benzene rings is 2. The zero-order valence-corrected chi connectivity index (χ0v) is 17.0. The largest absolute Gasteiger partial charge is 0.348 e. The molecule has 1 N–H and O–H groups in total. The Kier molecular flexibility index (Phi) is 7.23. The van der Waals surface area contributed by atoms with Crippen molar-refractivity contribution in [3.05, 3.63) is 90.1 Å². The number of amides is 1. The van der Waals surface area contributed by atoms with Crippen LogP contribution in [0.4, 0.5) is 0 Å². The topological polar surface area (TPSA) is 45.2 Å². The van der Waals surface area contributed by atoms with Gasteiger partial charge in [0.2, 0.25) is 0 Å². The second kappa shape index (κ2) is 10.1. The highest BCUT2D eigenvalue weighted by molar-refractivity contribution is 7.99. The summed E-state index contributed by atoms with van der Waals surface area (Å²) in [5.41, 5.74) is 1.89. The predicted molar refractivity (Wildman–Crippen MR) is 115 cm³/mol. The summed E-state index contributed by atoms with van der Waals surface area (Å²) >= 11 is 1.58. The van der Waals surface area contributed by atoms with Crippen molar-refractivity contribution in [1.29, 1.82) is 0 Å². The Morgan fingerprint density at radius 2 is 1.71 bits per heavy atom. The third-order valence-electron chi connectivity index (χ3n) is 4.22. The Morgan fingerprint density at radius 1 is 1.00 bits per heavy atom. The number of aromatic nitrogens is 1. The Bertz CT molecular complexity index is 867. The number of pyridine rings is 1. The van der Waals surface area contributed by atoms with E-state index in [9.17, 15) is 4.79 Å². The van der Waals surface area contributed by atoms with Crippen LogP contribution in [0.15, 0.2) is 88.9 Å². The molecule has 1 aromatic heterocycles. The van der Waals surface area contributed by atoms with Gasteiger partial charge in [-0.1, -0.05) is 48.2 Å². The molecule has 3 rings (SSSR count). The molecule has 5 heteroatoms. The van der Waals surface area contributed by atoms with Crippen LogP contribution in [0, 0.1) is 0 Å². The molecule has 1 atom stereocenters. The van der Waals surface area contributed by atoms with Gasteiger partial charge in [0.05, 0.1) is 0 Å². The van der Waals surface area contributed by atoms with Gasteiger partial charge in [0.1, 0.15) is 5.03 Å². The summed E-state index contributed by atoms with van der Waals surface area (Å²) in [4.78, 5) is 20.2. The van der Waals surface area contributed by atoms with Gasteiger partial charge in [-0.3, -0.25) is 4.79 Å². The first kappa shape index (κ1) is 20.1. The van der Waals surface area contributed by atoms with E-state index >= 15 is 0 Å². The molecular weight excluding hydrogens is 366 g/mol. The van der Waals surface area contributed by atoms with Gasteiger partial charge in [0.15, 0.2) is 0 Å². The molecule has 1 heterocycles. The molecule has 0 aliphatic carbocycles. The number of nitrogens with one attached hydrogen (secondary N) is 1. The minimum absolute atomic E-state index is 0.0443. The van der Waals surface area contributed by atoms with Crippen LogP contribution in [0.3, 0.4) is 0 Å².